The van der Waals surface area contributed by atoms with E-state index in [1.165, 1.54) is 10.5 Å². The van der Waals surface area contributed by atoms with Crippen molar-refractivity contribution in [1.29, 1.82) is 0 Å². The van der Waals surface area contributed by atoms with Crippen molar-refractivity contribution in [3.8, 4) is 0 Å². The van der Waals surface area contributed by atoms with Crippen molar-refractivity contribution in [2.45, 2.75) is 17.9 Å². The first-order valence-corrected chi connectivity index (χ1v) is 7.50. The van der Waals surface area contributed by atoms with Crippen molar-refractivity contribution in [1.82, 2.24) is 14.5 Å². The Morgan fingerprint density at radius 2 is 2.31 bits per heavy atom. The third kappa shape index (κ3) is 2.50. The third-order valence-corrected chi connectivity index (χ3v) is 5.13. The minimum absolute atomic E-state index is 0.0305. The number of H-pyrrole nitrogens is 1. The monoisotopic (exact) mass is 264 g/mol. The second kappa shape index (κ2) is 5.07. The van der Waals surface area contributed by atoms with E-state index in [1.54, 1.807) is 18.8 Å². The SMILES string of the molecule is CSCC(C)N(C)S(=O)(=O)c1cn[nH]c1N. The highest BCUT2D eigenvalue weighted by molar-refractivity contribution is 7.98. The maximum atomic E-state index is 12.1. The van der Waals surface area contributed by atoms with Crippen LogP contribution in [0.2, 0.25) is 0 Å². The number of nitrogens with zero attached hydrogens (tertiary/aromatic N) is 2. The van der Waals surface area contributed by atoms with Gasteiger partial charge in [0.15, 0.2) is 0 Å². The molecule has 1 aromatic heterocycles. The lowest BCUT2D eigenvalue weighted by Crippen LogP contribution is -2.36. The molecule has 0 aliphatic heterocycles. The third-order valence-electron chi connectivity index (χ3n) is 2.32. The number of nitrogen functional groups attached to an aromatic ring is 1. The van der Waals surface area contributed by atoms with E-state index in [-0.39, 0.29) is 16.8 Å². The summed E-state index contributed by atoms with van der Waals surface area (Å²) in [6.07, 6.45) is 3.16. The molecule has 0 spiro atoms. The van der Waals surface area contributed by atoms with Gasteiger partial charge in [0.1, 0.15) is 10.7 Å². The number of anilines is 1. The van der Waals surface area contributed by atoms with Crippen LogP contribution in [0.3, 0.4) is 0 Å². The summed E-state index contributed by atoms with van der Waals surface area (Å²) in [5, 5.41) is 6.03. The van der Waals surface area contributed by atoms with Gasteiger partial charge in [0, 0.05) is 18.8 Å². The van der Waals surface area contributed by atoms with Gasteiger partial charge in [-0.2, -0.15) is 21.2 Å². The Morgan fingerprint density at radius 1 is 1.69 bits per heavy atom. The fourth-order valence-electron chi connectivity index (χ4n) is 1.23. The lowest BCUT2D eigenvalue weighted by Gasteiger charge is -2.23. The summed E-state index contributed by atoms with van der Waals surface area (Å²) in [7, 11) is -2.00. The molecular weight excluding hydrogens is 248 g/mol. The number of rotatable bonds is 5. The van der Waals surface area contributed by atoms with Crippen molar-refractivity contribution >= 4 is 27.6 Å². The van der Waals surface area contributed by atoms with Crippen molar-refractivity contribution in [2.24, 2.45) is 0 Å². The van der Waals surface area contributed by atoms with Gasteiger partial charge in [-0.3, -0.25) is 5.10 Å². The number of nitrogens with one attached hydrogen (secondary N) is 1. The molecule has 1 unspecified atom stereocenters. The molecule has 0 bridgehead atoms. The molecular formula is C8H16N4O2S2. The number of thioether (sulfide) groups is 1. The van der Waals surface area contributed by atoms with E-state index in [1.807, 2.05) is 13.2 Å². The summed E-state index contributed by atoms with van der Waals surface area (Å²) in [6, 6.07) is -0.0886. The second-order valence-corrected chi connectivity index (χ2v) is 6.35. The zero-order valence-electron chi connectivity index (χ0n) is 9.47. The maximum Gasteiger partial charge on any atom is 0.248 e. The van der Waals surface area contributed by atoms with Gasteiger partial charge in [-0.05, 0) is 13.2 Å². The molecule has 1 aromatic rings. The quantitative estimate of drug-likeness (QED) is 0.801. The summed E-state index contributed by atoms with van der Waals surface area (Å²) in [5.41, 5.74) is 5.51. The van der Waals surface area contributed by atoms with Crippen molar-refractivity contribution in [3.05, 3.63) is 6.20 Å². The summed E-state index contributed by atoms with van der Waals surface area (Å²) >= 11 is 1.59. The fourth-order valence-corrected chi connectivity index (χ4v) is 3.40. The van der Waals surface area contributed by atoms with E-state index in [4.69, 9.17) is 5.73 Å². The number of hydrogen-bond donors (Lipinski definition) is 2. The average Bonchev–Trinajstić information content (AvgIpc) is 2.64. The molecule has 0 saturated carbocycles. The van der Waals surface area contributed by atoms with Gasteiger partial charge in [-0.1, -0.05) is 0 Å². The molecule has 0 amide bonds. The summed E-state index contributed by atoms with van der Waals surface area (Å²) < 4.78 is 25.5. The molecule has 92 valence electrons. The maximum absolute atomic E-state index is 12.1. The van der Waals surface area contributed by atoms with Crippen LogP contribution < -0.4 is 5.73 Å². The first-order valence-electron chi connectivity index (χ1n) is 4.67. The molecule has 0 radical (unpaired) electrons. The molecule has 6 nitrogen and oxygen atoms in total. The summed E-state index contributed by atoms with van der Waals surface area (Å²) in [4.78, 5) is 0.0305. The van der Waals surface area contributed by atoms with Crippen molar-refractivity contribution in [2.75, 3.05) is 24.8 Å². The Bertz CT molecular complexity index is 443. The molecule has 0 aliphatic carbocycles. The van der Waals surface area contributed by atoms with E-state index < -0.39 is 10.0 Å². The van der Waals surface area contributed by atoms with Crippen molar-refractivity contribution < 1.29 is 8.42 Å². The van der Waals surface area contributed by atoms with E-state index >= 15 is 0 Å². The van der Waals surface area contributed by atoms with Crippen LogP contribution >= 0.6 is 11.8 Å². The van der Waals surface area contributed by atoms with Crippen LogP contribution in [-0.2, 0) is 10.0 Å². The number of aromatic amines is 1. The van der Waals surface area contributed by atoms with Crippen molar-refractivity contribution in [3.63, 3.8) is 0 Å². The molecule has 1 atom stereocenters. The molecule has 0 aliphatic rings. The fraction of sp³-hybridized carbons (Fsp3) is 0.625. The van der Waals surface area contributed by atoms with Crippen LogP contribution in [0.1, 0.15) is 6.92 Å². The molecule has 8 heteroatoms. The minimum atomic E-state index is -3.55. The number of hydrogen-bond acceptors (Lipinski definition) is 5. The first kappa shape index (κ1) is 13.3. The molecule has 0 saturated heterocycles. The predicted octanol–water partition coefficient (Wildman–Crippen LogP) is 0.364. The van der Waals surface area contributed by atoms with E-state index in [9.17, 15) is 8.42 Å². The Hall–Kier alpha value is -0.730. The summed E-state index contributed by atoms with van der Waals surface area (Å²) in [5.74, 6) is 0.802. The smallest absolute Gasteiger partial charge is 0.248 e. The highest BCUT2D eigenvalue weighted by Gasteiger charge is 2.28. The van der Waals surface area contributed by atoms with Crippen LogP contribution in [-0.4, -0.2) is 48.0 Å². The highest BCUT2D eigenvalue weighted by Crippen LogP contribution is 2.21. The predicted molar refractivity (Wildman–Crippen MR) is 65.8 cm³/mol. The van der Waals surface area contributed by atoms with E-state index in [0.29, 0.717) is 0 Å². The molecule has 0 aromatic carbocycles. The molecule has 16 heavy (non-hydrogen) atoms. The van der Waals surface area contributed by atoms with Gasteiger partial charge in [-0.15, -0.1) is 0 Å². The topological polar surface area (TPSA) is 92.1 Å². The minimum Gasteiger partial charge on any atom is -0.383 e. The van der Waals surface area contributed by atoms with Crippen LogP contribution in [0, 0.1) is 0 Å². The number of aromatic nitrogens is 2. The van der Waals surface area contributed by atoms with Crippen LogP contribution in [0.5, 0.6) is 0 Å². The highest BCUT2D eigenvalue weighted by atomic mass is 32.2. The lowest BCUT2D eigenvalue weighted by atomic mass is 10.4. The zero-order chi connectivity index (χ0) is 12.3. The normalized spacial score (nSPS) is 14.2. The molecule has 1 rings (SSSR count). The van der Waals surface area contributed by atoms with Gasteiger partial charge in [-0.25, -0.2) is 8.42 Å². The summed E-state index contributed by atoms with van der Waals surface area (Å²) in [6.45, 7) is 1.85. The van der Waals surface area contributed by atoms with E-state index in [0.717, 1.165) is 5.75 Å². The number of sulfonamides is 1. The average molecular weight is 264 g/mol. The molecule has 1 heterocycles. The Morgan fingerprint density at radius 3 is 2.75 bits per heavy atom. The second-order valence-electron chi connectivity index (χ2n) is 3.47. The largest absolute Gasteiger partial charge is 0.383 e. The lowest BCUT2D eigenvalue weighted by molar-refractivity contribution is 0.415. The Labute approximate surface area is 99.6 Å². The zero-order valence-corrected chi connectivity index (χ0v) is 11.1. The van der Waals surface area contributed by atoms with Gasteiger partial charge in [0.2, 0.25) is 10.0 Å². The Balaban J connectivity index is 2.99. The van der Waals surface area contributed by atoms with Gasteiger partial charge in [0.25, 0.3) is 0 Å². The molecule has 0 fully saturated rings. The van der Waals surface area contributed by atoms with Crippen LogP contribution in [0.15, 0.2) is 11.1 Å². The number of nitrogens with two attached hydrogens (primary N) is 1. The van der Waals surface area contributed by atoms with E-state index in [2.05, 4.69) is 10.2 Å². The standard InChI is InChI=1S/C8H16N4O2S2/c1-6(5-15-3)12(2)16(13,14)7-4-10-11-8(7)9/h4,6H,5H2,1-3H3,(H3,9,10,11). The van der Waals surface area contributed by atoms with Gasteiger partial charge >= 0.3 is 0 Å². The van der Waals surface area contributed by atoms with Gasteiger partial charge < -0.3 is 5.73 Å². The van der Waals surface area contributed by atoms with Crippen LogP contribution in [0.4, 0.5) is 5.82 Å². The first-order chi connectivity index (χ1) is 7.41. The Kier molecular flexibility index (Phi) is 4.22. The van der Waals surface area contributed by atoms with Gasteiger partial charge in [0.05, 0.1) is 6.20 Å². The van der Waals surface area contributed by atoms with Crippen LogP contribution in [0.25, 0.3) is 0 Å². The molecule has 3 N–H and O–H groups in total.